The molecule has 152 valence electrons. The minimum atomic E-state index is -0.476. The van der Waals surface area contributed by atoms with Gasteiger partial charge < -0.3 is 15.5 Å². The smallest absolute Gasteiger partial charge is 0.243 e. The molecule has 1 atom stereocenters. The Balaban J connectivity index is 1.49. The van der Waals surface area contributed by atoms with Crippen molar-refractivity contribution in [3.8, 4) is 0 Å². The molecule has 6 nitrogen and oxygen atoms in total. The monoisotopic (exact) mass is 433 g/mol. The highest BCUT2D eigenvalue weighted by Crippen LogP contribution is 2.25. The number of carbonyl (C=O) groups is 3. The summed E-state index contributed by atoms with van der Waals surface area (Å²) in [6.07, 6.45) is 0.138. The highest BCUT2D eigenvalue weighted by molar-refractivity contribution is 6.35. The molecule has 0 aliphatic carbocycles. The van der Waals surface area contributed by atoms with Gasteiger partial charge in [-0.05, 0) is 30.7 Å². The molecule has 2 aromatic carbocycles. The van der Waals surface area contributed by atoms with Crippen LogP contribution in [0.1, 0.15) is 17.5 Å². The van der Waals surface area contributed by atoms with E-state index in [1.807, 2.05) is 31.2 Å². The number of aryl methyl sites for hydroxylation is 1. The van der Waals surface area contributed by atoms with Gasteiger partial charge in [0.05, 0.1) is 23.2 Å². The Morgan fingerprint density at radius 3 is 2.59 bits per heavy atom. The van der Waals surface area contributed by atoms with Crippen LogP contribution in [0.5, 0.6) is 0 Å². The van der Waals surface area contributed by atoms with E-state index in [1.165, 1.54) is 6.07 Å². The maximum Gasteiger partial charge on any atom is 0.243 e. The number of hydrogen-bond acceptors (Lipinski definition) is 3. The highest BCUT2D eigenvalue weighted by Gasteiger charge is 2.34. The van der Waals surface area contributed by atoms with Crippen molar-refractivity contribution >= 4 is 46.6 Å². The van der Waals surface area contributed by atoms with Crippen molar-refractivity contribution in [2.75, 3.05) is 18.4 Å². The van der Waals surface area contributed by atoms with Crippen LogP contribution in [0, 0.1) is 12.8 Å². The quantitative estimate of drug-likeness (QED) is 0.732. The van der Waals surface area contributed by atoms with E-state index in [4.69, 9.17) is 23.2 Å². The maximum absolute atomic E-state index is 12.4. The molecule has 0 spiro atoms. The van der Waals surface area contributed by atoms with Crippen molar-refractivity contribution in [2.24, 2.45) is 5.92 Å². The lowest BCUT2D eigenvalue weighted by Crippen LogP contribution is -2.37. The summed E-state index contributed by atoms with van der Waals surface area (Å²) in [5.74, 6) is -1.29. The van der Waals surface area contributed by atoms with Crippen molar-refractivity contribution < 1.29 is 14.4 Å². The average Bonchev–Trinajstić information content (AvgIpc) is 3.05. The third-order valence-electron chi connectivity index (χ3n) is 4.70. The van der Waals surface area contributed by atoms with E-state index in [2.05, 4.69) is 10.6 Å². The van der Waals surface area contributed by atoms with Crippen LogP contribution in [0.2, 0.25) is 10.0 Å². The number of carbonyl (C=O) groups excluding carboxylic acids is 3. The van der Waals surface area contributed by atoms with Crippen LogP contribution in [0.15, 0.2) is 42.5 Å². The lowest BCUT2D eigenvalue weighted by molar-refractivity contribution is -0.129. The summed E-state index contributed by atoms with van der Waals surface area (Å²) in [6, 6.07) is 12.6. The first-order valence-corrected chi connectivity index (χ1v) is 9.93. The molecule has 3 amide bonds. The van der Waals surface area contributed by atoms with Crippen molar-refractivity contribution in [3.63, 3.8) is 0 Å². The van der Waals surface area contributed by atoms with E-state index < -0.39 is 11.8 Å². The number of halogens is 2. The van der Waals surface area contributed by atoms with Crippen LogP contribution in [0.3, 0.4) is 0 Å². The molecule has 2 N–H and O–H groups in total. The zero-order valence-electron chi connectivity index (χ0n) is 15.9. The van der Waals surface area contributed by atoms with Gasteiger partial charge in [-0.15, -0.1) is 0 Å². The predicted octanol–water partition coefficient (Wildman–Crippen LogP) is 3.41. The van der Waals surface area contributed by atoms with Crippen LogP contribution >= 0.6 is 23.2 Å². The van der Waals surface area contributed by atoms with Gasteiger partial charge in [-0.2, -0.15) is 0 Å². The van der Waals surface area contributed by atoms with Crippen LogP contribution < -0.4 is 10.6 Å². The van der Waals surface area contributed by atoms with E-state index in [1.54, 1.807) is 17.0 Å². The number of nitrogens with zero attached hydrogens (tertiary/aromatic N) is 1. The van der Waals surface area contributed by atoms with E-state index in [0.29, 0.717) is 28.8 Å². The predicted molar refractivity (Wildman–Crippen MR) is 113 cm³/mol. The number of anilines is 1. The first-order chi connectivity index (χ1) is 13.8. The Morgan fingerprint density at radius 2 is 1.86 bits per heavy atom. The third-order valence-corrected chi connectivity index (χ3v) is 5.27. The Morgan fingerprint density at radius 1 is 1.14 bits per heavy atom. The molecular weight excluding hydrogens is 413 g/mol. The van der Waals surface area contributed by atoms with Crippen LogP contribution in [0.4, 0.5) is 5.69 Å². The van der Waals surface area contributed by atoms with E-state index >= 15 is 0 Å². The molecule has 1 heterocycles. The molecule has 1 fully saturated rings. The molecule has 3 rings (SSSR count). The average molecular weight is 434 g/mol. The Hall–Kier alpha value is -2.57. The largest absolute Gasteiger partial charge is 0.347 e. The van der Waals surface area contributed by atoms with Gasteiger partial charge in [0, 0.05) is 24.5 Å². The number of nitrogens with one attached hydrogen (secondary N) is 2. The second-order valence-corrected chi connectivity index (χ2v) is 7.89. The summed E-state index contributed by atoms with van der Waals surface area (Å²) in [7, 11) is 0. The van der Waals surface area contributed by atoms with Gasteiger partial charge in [0.1, 0.15) is 0 Å². The summed E-state index contributed by atoms with van der Waals surface area (Å²) in [5.41, 5.74) is 2.54. The van der Waals surface area contributed by atoms with Gasteiger partial charge in [0.15, 0.2) is 0 Å². The lowest BCUT2D eigenvalue weighted by Gasteiger charge is -2.17. The van der Waals surface area contributed by atoms with E-state index in [-0.39, 0.29) is 24.8 Å². The van der Waals surface area contributed by atoms with Gasteiger partial charge >= 0.3 is 0 Å². The Kier molecular flexibility index (Phi) is 6.77. The molecule has 0 saturated carbocycles. The number of likely N-dealkylation sites (tertiary alicyclic amines) is 1. The first-order valence-electron chi connectivity index (χ1n) is 9.18. The SMILES string of the molecule is Cc1ccc(CN2C[C@@H](C(=O)NCC(=O)Nc3cc(Cl)ccc3Cl)CC2=O)cc1. The van der Waals surface area contributed by atoms with Crippen molar-refractivity contribution in [1.29, 1.82) is 0 Å². The second-order valence-electron chi connectivity index (χ2n) is 7.05. The molecule has 1 aliphatic rings. The van der Waals surface area contributed by atoms with Gasteiger partial charge in [-0.3, -0.25) is 14.4 Å². The number of benzene rings is 2. The third kappa shape index (κ3) is 5.71. The van der Waals surface area contributed by atoms with Gasteiger partial charge in [0.25, 0.3) is 0 Å². The molecule has 29 heavy (non-hydrogen) atoms. The van der Waals surface area contributed by atoms with Crippen molar-refractivity contribution in [2.45, 2.75) is 19.9 Å². The number of hydrogen-bond donors (Lipinski definition) is 2. The topological polar surface area (TPSA) is 78.5 Å². The molecule has 2 aromatic rings. The van der Waals surface area contributed by atoms with Crippen LogP contribution in [0.25, 0.3) is 0 Å². The fourth-order valence-electron chi connectivity index (χ4n) is 3.11. The number of rotatable bonds is 6. The zero-order chi connectivity index (χ0) is 21.0. The van der Waals surface area contributed by atoms with Gasteiger partial charge in [-0.1, -0.05) is 53.0 Å². The first kappa shape index (κ1) is 21.1. The van der Waals surface area contributed by atoms with E-state index in [9.17, 15) is 14.4 Å². The summed E-state index contributed by atoms with van der Waals surface area (Å²) in [4.78, 5) is 38.4. The molecular formula is C21H21Cl2N3O3. The second kappa shape index (κ2) is 9.29. The van der Waals surface area contributed by atoms with Crippen molar-refractivity contribution in [1.82, 2.24) is 10.2 Å². The maximum atomic E-state index is 12.4. The summed E-state index contributed by atoms with van der Waals surface area (Å²) < 4.78 is 0. The lowest BCUT2D eigenvalue weighted by atomic mass is 10.1. The fraction of sp³-hybridized carbons (Fsp3) is 0.286. The minimum absolute atomic E-state index is 0.0686. The van der Waals surface area contributed by atoms with Crippen molar-refractivity contribution in [3.05, 3.63) is 63.6 Å². The molecule has 0 aromatic heterocycles. The van der Waals surface area contributed by atoms with E-state index in [0.717, 1.165) is 11.1 Å². The van der Waals surface area contributed by atoms with Gasteiger partial charge in [0.2, 0.25) is 17.7 Å². The minimum Gasteiger partial charge on any atom is -0.347 e. The molecule has 1 saturated heterocycles. The van der Waals surface area contributed by atoms with Gasteiger partial charge in [-0.25, -0.2) is 0 Å². The highest BCUT2D eigenvalue weighted by atomic mass is 35.5. The summed E-state index contributed by atoms with van der Waals surface area (Å²) >= 11 is 11.9. The zero-order valence-corrected chi connectivity index (χ0v) is 17.4. The fourth-order valence-corrected chi connectivity index (χ4v) is 3.45. The normalized spacial score (nSPS) is 16.0. The molecule has 1 aliphatic heterocycles. The molecule has 0 bridgehead atoms. The molecule has 8 heteroatoms. The molecule has 0 radical (unpaired) electrons. The Bertz CT molecular complexity index is 931. The van der Waals surface area contributed by atoms with Crippen LogP contribution in [-0.2, 0) is 20.9 Å². The van der Waals surface area contributed by atoms with Crippen LogP contribution in [-0.4, -0.2) is 35.7 Å². The number of amides is 3. The Labute approximate surface area is 179 Å². The summed E-state index contributed by atoms with van der Waals surface area (Å²) in [6.45, 7) is 2.59. The molecule has 0 unspecified atom stereocenters. The standard InChI is InChI=1S/C21H21Cl2N3O3/c1-13-2-4-14(5-3-13)11-26-12-15(8-20(26)28)21(29)24-10-19(27)25-18-9-16(22)6-7-17(18)23/h2-7,9,15H,8,10-12H2,1H3,(H,24,29)(H,25,27)/t15-/m0/s1. The summed E-state index contributed by atoms with van der Waals surface area (Å²) in [5, 5.41) is 5.98.